The van der Waals surface area contributed by atoms with Crippen LogP contribution in [0, 0.1) is 5.92 Å². The van der Waals surface area contributed by atoms with Gasteiger partial charge >= 0.3 is 0 Å². The summed E-state index contributed by atoms with van der Waals surface area (Å²) in [6, 6.07) is 7.39. The Labute approximate surface area is 138 Å². The highest BCUT2D eigenvalue weighted by Gasteiger charge is 2.20. The molecule has 23 heavy (non-hydrogen) atoms. The molecule has 1 N–H and O–H groups in total. The van der Waals surface area contributed by atoms with E-state index < -0.39 is 0 Å². The van der Waals surface area contributed by atoms with Crippen LogP contribution in [0.4, 0.5) is 0 Å². The smallest absolute Gasteiger partial charge is 0.220 e. The summed E-state index contributed by atoms with van der Waals surface area (Å²) in [5.74, 6) is 1.52. The van der Waals surface area contributed by atoms with E-state index in [0.717, 1.165) is 24.5 Å². The highest BCUT2D eigenvalue weighted by Crippen LogP contribution is 2.23. The molecule has 0 aromatic heterocycles. The van der Waals surface area contributed by atoms with E-state index in [1.165, 1.54) is 12.8 Å². The van der Waals surface area contributed by atoms with Gasteiger partial charge in [-0.3, -0.25) is 9.59 Å². The number of hydrogen-bond donors (Lipinski definition) is 1. The second-order valence-electron chi connectivity index (χ2n) is 6.40. The zero-order valence-corrected chi connectivity index (χ0v) is 14.1. The zero-order chi connectivity index (χ0) is 16.7. The van der Waals surface area contributed by atoms with Crippen molar-refractivity contribution in [3.63, 3.8) is 0 Å². The third-order valence-corrected chi connectivity index (χ3v) is 4.45. The average molecular weight is 317 g/mol. The van der Waals surface area contributed by atoms with Gasteiger partial charge in [-0.05, 0) is 62.8 Å². The third kappa shape index (κ3) is 5.70. The van der Waals surface area contributed by atoms with Gasteiger partial charge in [0.2, 0.25) is 5.91 Å². The Morgan fingerprint density at radius 1 is 1.09 bits per heavy atom. The molecule has 4 heteroatoms. The lowest BCUT2D eigenvalue weighted by Crippen LogP contribution is -2.37. The molecule has 0 aliphatic heterocycles. The number of ketones is 1. The van der Waals surface area contributed by atoms with Crippen molar-refractivity contribution in [1.82, 2.24) is 5.32 Å². The monoisotopic (exact) mass is 317 g/mol. The Morgan fingerprint density at radius 3 is 2.35 bits per heavy atom. The van der Waals surface area contributed by atoms with Crippen LogP contribution in [0.15, 0.2) is 24.3 Å². The molecule has 0 spiro atoms. The van der Waals surface area contributed by atoms with Crippen molar-refractivity contribution in [2.24, 2.45) is 5.92 Å². The standard InChI is InChI=1S/C19H27NO3/c1-3-23-17-10-6-15(7-11-17)18(21)12-13-19(22)20-16-8-4-14(2)5-9-16/h6-7,10-11,14,16H,3-5,8-9,12-13H2,1-2H3,(H,20,22). The van der Waals surface area contributed by atoms with Gasteiger partial charge < -0.3 is 10.1 Å². The number of Topliss-reactive ketones (excluding diaryl/α,β-unsaturated/α-hetero) is 1. The fraction of sp³-hybridized carbons (Fsp3) is 0.579. The van der Waals surface area contributed by atoms with Gasteiger partial charge in [-0.25, -0.2) is 0 Å². The maximum Gasteiger partial charge on any atom is 0.220 e. The quantitative estimate of drug-likeness (QED) is 0.779. The molecule has 0 radical (unpaired) electrons. The first-order valence-electron chi connectivity index (χ1n) is 8.64. The normalized spacial score (nSPS) is 20.8. The molecule has 0 bridgehead atoms. The summed E-state index contributed by atoms with van der Waals surface area (Å²) in [4.78, 5) is 24.1. The van der Waals surface area contributed by atoms with Crippen LogP contribution in [0.5, 0.6) is 5.75 Å². The van der Waals surface area contributed by atoms with E-state index in [2.05, 4.69) is 12.2 Å². The van der Waals surface area contributed by atoms with E-state index in [1.54, 1.807) is 24.3 Å². The van der Waals surface area contributed by atoms with Gasteiger partial charge in [0.05, 0.1) is 6.61 Å². The summed E-state index contributed by atoms with van der Waals surface area (Å²) in [6.45, 7) is 4.78. The number of ether oxygens (including phenoxy) is 1. The van der Waals surface area contributed by atoms with Crippen molar-refractivity contribution in [2.75, 3.05) is 6.61 Å². The SMILES string of the molecule is CCOc1ccc(C(=O)CCC(=O)NC2CCC(C)CC2)cc1. The highest BCUT2D eigenvalue weighted by molar-refractivity contribution is 5.98. The second kappa shape index (κ2) is 8.70. The highest BCUT2D eigenvalue weighted by atomic mass is 16.5. The van der Waals surface area contributed by atoms with E-state index in [0.29, 0.717) is 18.2 Å². The molecule has 1 fully saturated rings. The van der Waals surface area contributed by atoms with Crippen LogP contribution in [0.2, 0.25) is 0 Å². The molecule has 1 aliphatic carbocycles. The van der Waals surface area contributed by atoms with Crippen molar-refractivity contribution >= 4 is 11.7 Å². The van der Waals surface area contributed by atoms with Crippen LogP contribution in [0.1, 0.15) is 62.7 Å². The molecular formula is C19H27NO3. The maximum atomic E-state index is 12.1. The number of carbonyl (C=O) groups excluding carboxylic acids is 2. The van der Waals surface area contributed by atoms with Gasteiger partial charge in [-0.2, -0.15) is 0 Å². The van der Waals surface area contributed by atoms with Gasteiger partial charge in [0.1, 0.15) is 5.75 Å². The molecule has 1 aromatic rings. The van der Waals surface area contributed by atoms with Gasteiger partial charge in [0, 0.05) is 24.4 Å². The Hall–Kier alpha value is -1.84. The van der Waals surface area contributed by atoms with E-state index in [-0.39, 0.29) is 24.5 Å². The predicted molar refractivity (Wildman–Crippen MR) is 90.7 cm³/mol. The van der Waals surface area contributed by atoms with E-state index in [4.69, 9.17) is 4.74 Å². The molecule has 4 nitrogen and oxygen atoms in total. The summed E-state index contributed by atoms with van der Waals surface area (Å²) in [6.07, 6.45) is 4.98. The van der Waals surface area contributed by atoms with Crippen LogP contribution < -0.4 is 10.1 Å². The molecule has 0 atom stereocenters. The number of rotatable bonds is 7. The van der Waals surface area contributed by atoms with Crippen molar-refractivity contribution in [1.29, 1.82) is 0 Å². The van der Waals surface area contributed by atoms with E-state index in [1.807, 2.05) is 6.92 Å². The maximum absolute atomic E-state index is 12.1. The van der Waals surface area contributed by atoms with Crippen molar-refractivity contribution in [2.45, 2.75) is 58.4 Å². The molecule has 0 heterocycles. The van der Waals surface area contributed by atoms with Crippen LogP contribution in [0.3, 0.4) is 0 Å². The number of carbonyl (C=O) groups is 2. The number of amides is 1. The number of benzene rings is 1. The molecular weight excluding hydrogens is 290 g/mol. The molecule has 0 unspecified atom stereocenters. The number of nitrogens with one attached hydrogen (secondary N) is 1. The summed E-state index contributed by atoms with van der Waals surface area (Å²) in [7, 11) is 0. The first kappa shape index (κ1) is 17.5. The lowest BCUT2D eigenvalue weighted by Gasteiger charge is -2.26. The summed E-state index contributed by atoms with van der Waals surface area (Å²) in [5, 5.41) is 3.06. The minimum absolute atomic E-state index is 0.000430. The molecule has 1 amide bonds. The predicted octanol–water partition coefficient (Wildman–Crippen LogP) is 3.74. The van der Waals surface area contributed by atoms with Crippen LogP contribution in [-0.2, 0) is 4.79 Å². The van der Waals surface area contributed by atoms with Crippen LogP contribution >= 0.6 is 0 Å². The first-order chi connectivity index (χ1) is 11.1. The molecule has 2 rings (SSSR count). The molecule has 126 valence electrons. The van der Waals surface area contributed by atoms with Gasteiger partial charge in [-0.15, -0.1) is 0 Å². The fourth-order valence-corrected chi connectivity index (χ4v) is 2.98. The van der Waals surface area contributed by atoms with Crippen molar-refractivity contribution < 1.29 is 14.3 Å². The van der Waals surface area contributed by atoms with E-state index >= 15 is 0 Å². The minimum atomic E-state index is -0.0103. The zero-order valence-electron chi connectivity index (χ0n) is 14.1. The van der Waals surface area contributed by atoms with E-state index in [9.17, 15) is 9.59 Å². The molecule has 1 saturated carbocycles. The molecule has 0 saturated heterocycles. The first-order valence-corrected chi connectivity index (χ1v) is 8.64. The Balaban J connectivity index is 1.73. The molecule has 1 aromatic carbocycles. The lowest BCUT2D eigenvalue weighted by molar-refractivity contribution is -0.122. The summed E-state index contributed by atoms with van der Waals surface area (Å²) in [5.41, 5.74) is 0.632. The van der Waals surface area contributed by atoms with Gasteiger partial charge in [-0.1, -0.05) is 6.92 Å². The summed E-state index contributed by atoms with van der Waals surface area (Å²) >= 11 is 0. The third-order valence-electron chi connectivity index (χ3n) is 4.45. The Kier molecular flexibility index (Phi) is 6.63. The lowest BCUT2D eigenvalue weighted by atomic mass is 9.87. The summed E-state index contributed by atoms with van der Waals surface area (Å²) < 4.78 is 5.36. The average Bonchev–Trinajstić information content (AvgIpc) is 2.56. The number of hydrogen-bond acceptors (Lipinski definition) is 3. The Bertz CT molecular complexity index is 516. The second-order valence-corrected chi connectivity index (χ2v) is 6.40. The topological polar surface area (TPSA) is 55.4 Å². The fourth-order valence-electron chi connectivity index (χ4n) is 2.98. The molecule has 1 aliphatic rings. The van der Waals surface area contributed by atoms with Crippen LogP contribution in [0.25, 0.3) is 0 Å². The van der Waals surface area contributed by atoms with Gasteiger partial charge in [0.25, 0.3) is 0 Å². The van der Waals surface area contributed by atoms with Gasteiger partial charge in [0.15, 0.2) is 5.78 Å². The van der Waals surface area contributed by atoms with Crippen molar-refractivity contribution in [3.05, 3.63) is 29.8 Å². The minimum Gasteiger partial charge on any atom is -0.494 e. The van der Waals surface area contributed by atoms with Crippen LogP contribution in [-0.4, -0.2) is 24.3 Å². The Morgan fingerprint density at radius 2 is 1.74 bits per heavy atom. The van der Waals surface area contributed by atoms with Crippen molar-refractivity contribution in [3.8, 4) is 5.75 Å². The largest absolute Gasteiger partial charge is 0.494 e.